The maximum absolute atomic E-state index is 10.3. The van der Waals surface area contributed by atoms with E-state index >= 15 is 0 Å². The number of carbonyl (C=O) groups is 1. The Morgan fingerprint density at radius 2 is 0.655 bits per heavy atom. The summed E-state index contributed by atoms with van der Waals surface area (Å²) in [5.74, 6) is -0.997. The van der Waals surface area contributed by atoms with Gasteiger partial charge >= 0.3 is 5.97 Å². The minimum atomic E-state index is -2.55. The minimum absolute atomic E-state index is 0.0624. The van der Waals surface area contributed by atoms with Crippen molar-refractivity contribution in [1.29, 1.82) is 0 Å². The molecule has 2 rings (SSSR count). The van der Waals surface area contributed by atoms with E-state index in [9.17, 15) is 4.79 Å². The lowest BCUT2D eigenvalue weighted by atomic mass is 10.2. The third kappa shape index (κ3) is 23.5. The first-order valence-electron chi connectivity index (χ1n) is 19.2. The van der Waals surface area contributed by atoms with E-state index in [0.717, 1.165) is 0 Å². The van der Waals surface area contributed by atoms with Gasteiger partial charge in [0, 0.05) is 0 Å². The van der Waals surface area contributed by atoms with E-state index in [1.807, 2.05) is 12.1 Å². The third-order valence-corrected chi connectivity index (χ3v) is 13.0. The van der Waals surface area contributed by atoms with Crippen molar-refractivity contribution >= 4 is 24.7 Å². The molecule has 0 heterocycles. The van der Waals surface area contributed by atoms with Crippen molar-refractivity contribution in [1.82, 2.24) is 0 Å². The summed E-state index contributed by atoms with van der Waals surface area (Å²) < 4.78 is 66.9. The molecule has 0 saturated carbocycles. The summed E-state index contributed by atoms with van der Waals surface area (Å²) in [5, 5.41) is 10.9. The zero-order chi connectivity index (χ0) is 39.6. The van der Waals surface area contributed by atoms with Crippen molar-refractivity contribution in [2.24, 2.45) is 0 Å². The average molecular weight is 799 g/mol. The molecule has 314 valence electrons. The lowest BCUT2D eigenvalue weighted by Crippen LogP contribution is -2.66. The van der Waals surface area contributed by atoms with E-state index in [1.165, 1.54) is 10.4 Å². The normalized spacial score (nSPS) is 12.1. The van der Waals surface area contributed by atoms with Crippen LogP contribution in [0.1, 0.15) is 20.8 Å². The maximum atomic E-state index is 10.3. The largest absolute Gasteiger partial charge is 0.480 e. The molecule has 55 heavy (non-hydrogen) atoms. The number of carboxylic acid groups (broad SMARTS) is 1. The van der Waals surface area contributed by atoms with Gasteiger partial charge in [-0.05, 0) is 15.4 Å². The topological polar surface area (TPSA) is 148 Å². The number of rotatable bonds is 38. The van der Waals surface area contributed by atoms with Gasteiger partial charge in [0.25, 0.3) is 8.32 Å². The lowest BCUT2D eigenvalue weighted by molar-refractivity contribution is -0.142. The van der Waals surface area contributed by atoms with Crippen molar-refractivity contribution in [3.8, 4) is 0 Å². The Balaban J connectivity index is 1.29. The van der Waals surface area contributed by atoms with Crippen LogP contribution in [-0.2, 0) is 61.3 Å². The molecule has 0 aliphatic heterocycles. The number of benzene rings is 2. The molecule has 0 radical (unpaired) electrons. The number of carboxylic acids is 1. The molecule has 0 aliphatic carbocycles. The fraction of sp³-hybridized carbons (Fsp3) is 0.675. The van der Waals surface area contributed by atoms with Crippen LogP contribution < -0.4 is 10.4 Å². The summed E-state index contributed by atoms with van der Waals surface area (Å²) >= 11 is 0. The molecule has 0 atom stereocenters. The SMILES string of the molecule is CC(C)(C)[Si](OCCOCCOCCOCCOCCOCCOCCOCCOCCOCCOCCOCC(=O)O)(c1ccccc1)c1ccccc1. The molecule has 0 bridgehead atoms. The second kappa shape index (κ2) is 32.7. The zero-order valence-electron chi connectivity index (χ0n) is 33.3. The third-order valence-electron chi connectivity index (χ3n) is 7.91. The van der Waals surface area contributed by atoms with E-state index in [4.69, 9.17) is 61.6 Å². The Labute approximate surface area is 329 Å². The van der Waals surface area contributed by atoms with Gasteiger partial charge in [-0.1, -0.05) is 81.4 Å². The molecule has 0 fully saturated rings. The van der Waals surface area contributed by atoms with Crippen LogP contribution in [0.3, 0.4) is 0 Å². The standard InChI is InChI=1S/C40H66O14Si/c1-40(2,3)55(37-10-6-4-7-11-37,38-12-8-5-9-13-38)54-35-34-52-31-30-50-27-26-48-23-22-46-19-18-44-15-14-43-16-17-45-20-21-47-24-25-49-28-29-51-32-33-53-36-39(41)42/h4-13H,14-36H2,1-3H3,(H,41,42). The highest BCUT2D eigenvalue weighted by Gasteiger charge is 2.50. The number of hydrogen-bond donors (Lipinski definition) is 1. The van der Waals surface area contributed by atoms with Crippen LogP contribution in [0.2, 0.25) is 5.04 Å². The molecular formula is C40H66O14Si. The Morgan fingerprint density at radius 3 is 0.891 bits per heavy atom. The predicted octanol–water partition coefficient (Wildman–Crippen LogP) is 2.83. The minimum Gasteiger partial charge on any atom is -0.480 e. The molecule has 0 unspecified atom stereocenters. The van der Waals surface area contributed by atoms with E-state index < -0.39 is 14.3 Å². The molecule has 0 amide bonds. The lowest BCUT2D eigenvalue weighted by Gasteiger charge is -2.43. The van der Waals surface area contributed by atoms with Gasteiger partial charge in [0.15, 0.2) is 0 Å². The zero-order valence-corrected chi connectivity index (χ0v) is 34.3. The van der Waals surface area contributed by atoms with E-state index in [0.29, 0.717) is 139 Å². The fourth-order valence-corrected chi connectivity index (χ4v) is 9.92. The number of ether oxygens (including phenoxy) is 11. The van der Waals surface area contributed by atoms with Crippen molar-refractivity contribution in [2.45, 2.75) is 25.8 Å². The molecule has 0 aromatic heterocycles. The average Bonchev–Trinajstić information content (AvgIpc) is 3.18. The van der Waals surface area contributed by atoms with Crippen LogP contribution in [0.5, 0.6) is 0 Å². The summed E-state index contributed by atoms with van der Waals surface area (Å²) in [6, 6.07) is 21.2. The quantitative estimate of drug-likeness (QED) is 0.0785. The van der Waals surface area contributed by atoms with Crippen LogP contribution in [0.25, 0.3) is 0 Å². The summed E-state index contributed by atoms with van der Waals surface area (Å²) in [6.45, 7) is 16.7. The number of hydrogen-bond acceptors (Lipinski definition) is 13. The summed E-state index contributed by atoms with van der Waals surface area (Å²) in [5.41, 5.74) is 0. The predicted molar refractivity (Wildman–Crippen MR) is 210 cm³/mol. The van der Waals surface area contributed by atoms with Crippen molar-refractivity contribution in [3.63, 3.8) is 0 Å². The molecule has 2 aromatic rings. The highest BCUT2D eigenvalue weighted by atomic mass is 28.4. The summed E-state index contributed by atoms with van der Waals surface area (Å²) in [6.07, 6.45) is 0. The van der Waals surface area contributed by atoms with Crippen molar-refractivity contribution in [3.05, 3.63) is 60.7 Å². The van der Waals surface area contributed by atoms with Gasteiger partial charge in [-0.25, -0.2) is 4.79 Å². The van der Waals surface area contributed by atoms with E-state index in [1.54, 1.807) is 0 Å². The second-order valence-corrected chi connectivity index (χ2v) is 17.4. The fourth-order valence-electron chi connectivity index (χ4n) is 5.37. The summed E-state index contributed by atoms with van der Waals surface area (Å²) in [4.78, 5) is 10.3. The Morgan fingerprint density at radius 1 is 0.418 bits per heavy atom. The van der Waals surface area contributed by atoms with Gasteiger partial charge < -0.3 is 61.6 Å². The first kappa shape index (κ1) is 48.8. The monoisotopic (exact) mass is 798 g/mol. The molecule has 1 N–H and O–H groups in total. The van der Waals surface area contributed by atoms with Gasteiger partial charge in [0.05, 0.1) is 145 Å². The van der Waals surface area contributed by atoms with Crippen LogP contribution in [0, 0.1) is 0 Å². The first-order valence-corrected chi connectivity index (χ1v) is 21.1. The van der Waals surface area contributed by atoms with E-state index in [2.05, 4.69) is 69.3 Å². The van der Waals surface area contributed by atoms with Crippen molar-refractivity contribution in [2.75, 3.05) is 152 Å². The van der Waals surface area contributed by atoms with Crippen LogP contribution >= 0.6 is 0 Å². The highest BCUT2D eigenvalue weighted by molar-refractivity contribution is 6.99. The van der Waals surface area contributed by atoms with Gasteiger partial charge in [0.2, 0.25) is 0 Å². The second-order valence-electron chi connectivity index (χ2n) is 13.1. The van der Waals surface area contributed by atoms with Crippen LogP contribution in [0.15, 0.2) is 60.7 Å². The Kier molecular flexibility index (Phi) is 29.0. The van der Waals surface area contributed by atoms with Gasteiger partial charge in [-0.3, -0.25) is 0 Å². The van der Waals surface area contributed by atoms with Crippen molar-refractivity contribution < 1.29 is 66.4 Å². The molecule has 0 saturated heterocycles. The highest BCUT2D eigenvalue weighted by Crippen LogP contribution is 2.36. The smallest absolute Gasteiger partial charge is 0.329 e. The first-order chi connectivity index (χ1) is 26.9. The molecular weight excluding hydrogens is 733 g/mol. The van der Waals surface area contributed by atoms with Gasteiger partial charge in [0.1, 0.15) is 6.61 Å². The molecule has 2 aromatic carbocycles. The van der Waals surface area contributed by atoms with E-state index in [-0.39, 0.29) is 18.3 Å². The van der Waals surface area contributed by atoms with Gasteiger partial charge in [-0.15, -0.1) is 0 Å². The van der Waals surface area contributed by atoms with Gasteiger partial charge in [-0.2, -0.15) is 0 Å². The van der Waals surface area contributed by atoms with Crippen LogP contribution in [-0.4, -0.2) is 171 Å². The Hall–Kier alpha value is -2.35. The molecule has 15 heteroatoms. The molecule has 0 aliphatic rings. The molecule has 14 nitrogen and oxygen atoms in total. The molecule has 0 spiro atoms. The maximum Gasteiger partial charge on any atom is 0.329 e. The summed E-state index contributed by atoms with van der Waals surface area (Å²) in [7, 11) is -2.55. The van der Waals surface area contributed by atoms with Crippen LogP contribution in [0.4, 0.5) is 0 Å². The Bertz CT molecular complexity index is 1120. The number of aliphatic carboxylic acids is 1.